The lowest BCUT2D eigenvalue weighted by Gasteiger charge is -2.14. The van der Waals surface area contributed by atoms with E-state index in [0.29, 0.717) is 0 Å². The van der Waals surface area contributed by atoms with E-state index >= 15 is 0 Å². The number of rotatable bonds is 5. The Bertz CT molecular complexity index is 794. The Morgan fingerprint density at radius 3 is 2.28 bits per heavy atom. The molecule has 0 aliphatic heterocycles. The standard InChI is InChI=1S/C16H10Cl3F3O3/c1-8(15(19)23)24-14-7-10(3-4-11(14)17)25-13-5-2-9(6-12(13)18)16(20,21)22/h2-8H,1H3. The van der Waals surface area contributed by atoms with Crippen molar-refractivity contribution in [2.45, 2.75) is 19.2 Å². The predicted octanol–water partition coefficient (Wildman–Crippen LogP) is 6.34. The third-order valence-corrected chi connectivity index (χ3v) is 3.93. The van der Waals surface area contributed by atoms with Crippen LogP contribution in [0.15, 0.2) is 36.4 Å². The third kappa shape index (κ3) is 5.17. The summed E-state index contributed by atoms with van der Waals surface area (Å²) in [7, 11) is 0. The fourth-order valence-electron chi connectivity index (χ4n) is 1.76. The molecule has 0 heterocycles. The van der Waals surface area contributed by atoms with Crippen LogP contribution in [0.2, 0.25) is 10.0 Å². The first kappa shape index (κ1) is 19.7. The van der Waals surface area contributed by atoms with Crippen molar-refractivity contribution in [1.29, 1.82) is 0 Å². The first-order chi connectivity index (χ1) is 11.6. The zero-order chi connectivity index (χ0) is 18.8. The Balaban J connectivity index is 2.25. The van der Waals surface area contributed by atoms with E-state index in [-0.39, 0.29) is 27.3 Å². The highest BCUT2D eigenvalue weighted by Gasteiger charge is 2.31. The SMILES string of the molecule is CC(Oc1cc(Oc2ccc(C(F)(F)F)cc2Cl)ccc1Cl)C(=O)Cl. The van der Waals surface area contributed by atoms with Crippen molar-refractivity contribution in [1.82, 2.24) is 0 Å². The van der Waals surface area contributed by atoms with Crippen molar-refractivity contribution in [3.8, 4) is 17.2 Å². The average molecular weight is 414 g/mol. The minimum atomic E-state index is -4.51. The predicted molar refractivity (Wildman–Crippen MR) is 88.9 cm³/mol. The van der Waals surface area contributed by atoms with Crippen LogP contribution in [-0.4, -0.2) is 11.3 Å². The minimum Gasteiger partial charge on any atom is -0.480 e. The Morgan fingerprint density at radius 2 is 1.72 bits per heavy atom. The van der Waals surface area contributed by atoms with Crippen molar-refractivity contribution >= 4 is 40.0 Å². The largest absolute Gasteiger partial charge is 0.480 e. The van der Waals surface area contributed by atoms with Gasteiger partial charge in [-0.3, -0.25) is 4.79 Å². The fourth-order valence-corrected chi connectivity index (χ4v) is 2.19. The Labute approximate surface area is 156 Å². The van der Waals surface area contributed by atoms with Gasteiger partial charge in [-0.2, -0.15) is 13.2 Å². The van der Waals surface area contributed by atoms with E-state index in [1.54, 1.807) is 0 Å². The van der Waals surface area contributed by atoms with Gasteiger partial charge in [-0.15, -0.1) is 0 Å². The molecular formula is C16H10Cl3F3O3. The lowest BCUT2D eigenvalue weighted by Crippen LogP contribution is -2.19. The van der Waals surface area contributed by atoms with Gasteiger partial charge in [-0.1, -0.05) is 23.2 Å². The second-order valence-electron chi connectivity index (χ2n) is 4.90. The van der Waals surface area contributed by atoms with E-state index in [1.165, 1.54) is 25.1 Å². The van der Waals surface area contributed by atoms with Crippen LogP contribution >= 0.6 is 34.8 Å². The molecule has 9 heteroatoms. The summed E-state index contributed by atoms with van der Waals surface area (Å²) in [6, 6.07) is 6.99. The van der Waals surface area contributed by atoms with Crippen molar-refractivity contribution in [2.75, 3.05) is 0 Å². The summed E-state index contributed by atoms with van der Waals surface area (Å²) in [6.07, 6.45) is -5.45. The number of hydrogen-bond acceptors (Lipinski definition) is 3. The molecule has 2 aromatic rings. The number of ether oxygens (including phenoxy) is 2. The molecule has 0 aliphatic rings. The maximum Gasteiger partial charge on any atom is 0.416 e. The highest BCUT2D eigenvalue weighted by molar-refractivity contribution is 6.64. The van der Waals surface area contributed by atoms with Crippen LogP contribution in [0.3, 0.4) is 0 Å². The van der Waals surface area contributed by atoms with Gasteiger partial charge in [0.15, 0.2) is 6.10 Å². The average Bonchev–Trinajstić information content (AvgIpc) is 2.51. The monoisotopic (exact) mass is 412 g/mol. The van der Waals surface area contributed by atoms with Crippen LogP contribution in [0.4, 0.5) is 13.2 Å². The number of carbonyl (C=O) groups excluding carboxylic acids is 1. The van der Waals surface area contributed by atoms with E-state index < -0.39 is 23.1 Å². The van der Waals surface area contributed by atoms with Crippen LogP contribution in [0.5, 0.6) is 17.2 Å². The van der Waals surface area contributed by atoms with Crippen LogP contribution in [0, 0.1) is 0 Å². The summed E-state index contributed by atoms with van der Waals surface area (Å²) in [5.41, 5.74) is -0.889. The zero-order valence-corrected chi connectivity index (χ0v) is 14.8. The molecule has 0 aliphatic carbocycles. The van der Waals surface area contributed by atoms with Crippen LogP contribution in [-0.2, 0) is 11.0 Å². The van der Waals surface area contributed by atoms with Gasteiger partial charge in [0.05, 0.1) is 15.6 Å². The number of carbonyl (C=O) groups is 1. The Morgan fingerprint density at radius 1 is 1.04 bits per heavy atom. The summed E-state index contributed by atoms with van der Waals surface area (Å²) in [6.45, 7) is 1.44. The number of alkyl halides is 3. The van der Waals surface area contributed by atoms with Gasteiger partial charge in [0.2, 0.25) is 0 Å². The normalized spacial score (nSPS) is 12.6. The van der Waals surface area contributed by atoms with Gasteiger partial charge in [-0.05, 0) is 48.9 Å². The summed E-state index contributed by atoms with van der Waals surface area (Å²) in [5.74, 6) is 0.350. The van der Waals surface area contributed by atoms with Crippen molar-refractivity contribution in [2.24, 2.45) is 0 Å². The van der Waals surface area contributed by atoms with Crippen LogP contribution in [0.1, 0.15) is 12.5 Å². The minimum absolute atomic E-state index is 0.0180. The molecule has 0 fully saturated rings. The summed E-state index contributed by atoms with van der Waals surface area (Å²) >= 11 is 17.1. The highest BCUT2D eigenvalue weighted by atomic mass is 35.5. The maximum absolute atomic E-state index is 12.6. The Kier molecular flexibility index (Phi) is 6.08. The molecule has 0 N–H and O–H groups in total. The quantitative estimate of drug-likeness (QED) is 0.537. The van der Waals surface area contributed by atoms with Gasteiger partial charge < -0.3 is 9.47 Å². The van der Waals surface area contributed by atoms with Crippen molar-refractivity contribution < 1.29 is 27.4 Å². The first-order valence-electron chi connectivity index (χ1n) is 6.78. The molecule has 0 aromatic heterocycles. The van der Waals surface area contributed by atoms with E-state index in [4.69, 9.17) is 44.3 Å². The van der Waals surface area contributed by atoms with Gasteiger partial charge in [0, 0.05) is 6.07 Å². The zero-order valence-electron chi connectivity index (χ0n) is 12.5. The van der Waals surface area contributed by atoms with Gasteiger partial charge >= 0.3 is 6.18 Å². The van der Waals surface area contributed by atoms with Gasteiger partial charge in [0.25, 0.3) is 5.24 Å². The molecule has 0 amide bonds. The number of benzene rings is 2. The van der Waals surface area contributed by atoms with Gasteiger partial charge in [-0.25, -0.2) is 0 Å². The molecule has 2 rings (SSSR count). The first-order valence-corrected chi connectivity index (χ1v) is 7.91. The van der Waals surface area contributed by atoms with E-state index in [9.17, 15) is 18.0 Å². The smallest absolute Gasteiger partial charge is 0.416 e. The molecule has 1 unspecified atom stereocenters. The molecule has 0 bridgehead atoms. The summed E-state index contributed by atoms with van der Waals surface area (Å²) in [5, 5.41) is -0.722. The van der Waals surface area contributed by atoms with E-state index in [1.807, 2.05) is 0 Å². The van der Waals surface area contributed by atoms with Crippen LogP contribution in [0.25, 0.3) is 0 Å². The third-order valence-electron chi connectivity index (χ3n) is 3.01. The van der Waals surface area contributed by atoms with Crippen molar-refractivity contribution in [3.63, 3.8) is 0 Å². The molecule has 1 atom stereocenters. The summed E-state index contributed by atoms with van der Waals surface area (Å²) in [4.78, 5) is 11.0. The van der Waals surface area contributed by atoms with E-state index in [0.717, 1.165) is 18.2 Å². The molecule has 0 saturated carbocycles. The molecule has 0 spiro atoms. The second-order valence-corrected chi connectivity index (χ2v) is 6.09. The molecular weight excluding hydrogens is 404 g/mol. The molecule has 0 radical (unpaired) electrons. The molecule has 25 heavy (non-hydrogen) atoms. The number of hydrogen-bond donors (Lipinski definition) is 0. The Hall–Kier alpha value is -1.63. The lowest BCUT2D eigenvalue weighted by molar-refractivity contribution is -0.137. The molecule has 2 aromatic carbocycles. The maximum atomic E-state index is 12.6. The van der Waals surface area contributed by atoms with Crippen LogP contribution < -0.4 is 9.47 Å². The topological polar surface area (TPSA) is 35.5 Å². The highest BCUT2D eigenvalue weighted by Crippen LogP contribution is 2.38. The number of halogens is 6. The van der Waals surface area contributed by atoms with E-state index in [2.05, 4.69) is 0 Å². The molecule has 0 saturated heterocycles. The fraction of sp³-hybridized carbons (Fsp3) is 0.188. The lowest BCUT2D eigenvalue weighted by atomic mass is 10.2. The molecule has 3 nitrogen and oxygen atoms in total. The van der Waals surface area contributed by atoms with Crippen molar-refractivity contribution in [3.05, 3.63) is 52.0 Å². The second kappa shape index (κ2) is 7.72. The summed E-state index contributed by atoms with van der Waals surface area (Å²) < 4.78 is 48.7. The molecule has 134 valence electrons. The van der Waals surface area contributed by atoms with Gasteiger partial charge in [0.1, 0.15) is 17.2 Å².